The first-order chi connectivity index (χ1) is 7.52. The number of halogens is 3. The summed E-state index contributed by atoms with van der Waals surface area (Å²) in [5, 5.41) is 2.63. The van der Waals surface area contributed by atoms with Gasteiger partial charge >= 0.3 is 0 Å². The second-order valence-corrected chi connectivity index (χ2v) is 3.57. The number of ether oxygens (including phenoxy) is 1. The van der Waals surface area contributed by atoms with Gasteiger partial charge in [0.2, 0.25) is 0 Å². The standard InChI is InChI=1S/C11H14F3NO/c1-7(2)16-6-5-15-9-4-3-8(12)10(13)11(9)14/h3-4,7,15H,5-6H2,1-2H3. The summed E-state index contributed by atoms with van der Waals surface area (Å²) >= 11 is 0. The highest BCUT2D eigenvalue weighted by Crippen LogP contribution is 2.19. The minimum atomic E-state index is -1.46. The summed E-state index contributed by atoms with van der Waals surface area (Å²) in [4.78, 5) is 0. The third-order valence-corrected chi connectivity index (χ3v) is 1.90. The fourth-order valence-electron chi connectivity index (χ4n) is 1.14. The van der Waals surface area contributed by atoms with Gasteiger partial charge in [0.25, 0.3) is 0 Å². The SMILES string of the molecule is CC(C)OCCNc1ccc(F)c(F)c1F. The van der Waals surface area contributed by atoms with Crippen LogP contribution in [0, 0.1) is 17.5 Å². The molecule has 5 heteroatoms. The zero-order valence-corrected chi connectivity index (χ0v) is 9.19. The average Bonchev–Trinajstić information content (AvgIpc) is 2.23. The molecule has 0 amide bonds. The van der Waals surface area contributed by atoms with Gasteiger partial charge in [0.15, 0.2) is 17.5 Å². The van der Waals surface area contributed by atoms with E-state index in [0.29, 0.717) is 13.2 Å². The average molecular weight is 233 g/mol. The van der Waals surface area contributed by atoms with Crippen LogP contribution in [0.2, 0.25) is 0 Å². The van der Waals surface area contributed by atoms with Crippen molar-refractivity contribution in [2.24, 2.45) is 0 Å². The zero-order valence-electron chi connectivity index (χ0n) is 9.19. The van der Waals surface area contributed by atoms with Crippen molar-refractivity contribution >= 4 is 5.69 Å². The van der Waals surface area contributed by atoms with E-state index < -0.39 is 17.5 Å². The highest BCUT2D eigenvalue weighted by Gasteiger charge is 2.12. The molecule has 0 unspecified atom stereocenters. The number of hydrogen-bond donors (Lipinski definition) is 1. The lowest BCUT2D eigenvalue weighted by Crippen LogP contribution is -2.14. The molecular weight excluding hydrogens is 219 g/mol. The van der Waals surface area contributed by atoms with E-state index in [1.807, 2.05) is 13.8 Å². The Balaban J connectivity index is 2.52. The van der Waals surface area contributed by atoms with Crippen LogP contribution in [0.4, 0.5) is 18.9 Å². The van der Waals surface area contributed by atoms with Crippen molar-refractivity contribution in [2.45, 2.75) is 20.0 Å². The first kappa shape index (κ1) is 12.8. The molecule has 0 saturated carbocycles. The fraction of sp³-hybridized carbons (Fsp3) is 0.455. The fourth-order valence-corrected chi connectivity index (χ4v) is 1.14. The molecule has 0 aliphatic heterocycles. The van der Waals surface area contributed by atoms with E-state index in [4.69, 9.17) is 4.74 Å². The van der Waals surface area contributed by atoms with E-state index in [0.717, 1.165) is 12.1 Å². The molecule has 2 nitrogen and oxygen atoms in total. The Morgan fingerprint density at radius 2 is 1.88 bits per heavy atom. The zero-order chi connectivity index (χ0) is 12.1. The van der Waals surface area contributed by atoms with E-state index in [1.54, 1.807) is 0 Å². The molecule has 0 radical (unpaired) electrons. The summed E-state index contributed by atoms with van der Waals surface area (Å²) in [5.74, 6) is -3.86. The van der Waals surface area contributed by atoms with E-state index in [1.165, 1.54) is 0 Å². The van der Waals surface area contributed by atoms with Crippen LogP contribution in [-0.2, 0) is 4.74 Å². The van der Waals surface area contributed by atoms with Crippen LogP contribution < -0.4 is 5.32 Å². The Hall–Kier alpha value is -1.23. The largest absolute Gasteiger partial charge is 0.380 e. The van der Waals surface area contributed by atoms with Crippen LogP contribution in [0.25, 0.3) is 0 Å². The predicted octanol–water partition coefficient (Wildman–Crippen LogP) is 2.94. The third kappa shape index (κ3) is 3.41. The summed E-state index contributed by atoms with van der Waals surface area (Å²) in [6, 6.07) is 2.03. The van der Waals surface area contributed by atoms with Crippen LogP contribution in [0.5, 0.6) is 0 Å². The molecule has 0 heterocycles. The van der Waals surface area contributed by atoms with E-state index in [-0.39, 0.29) is 11.8 Å². The summed E-state index contributed by atoms with van der Waals surface area (Å²) < 4.78 is 43.7. The van der Waals surface area contributed by atoms with Gasteiger partial charge in [-0.2, -0.15) is 0 Å². The minimum Gasteiger partial charge on any atom is -0.380 e. The maximum Gasteiger partial charge on any atom is 0.196 e. The highest BCUT2D eigenvalue weighted by molar-refractivity contribution is 5.45. The van der Waals surface area contributed by atoms with Gasteiger partial charge in [-0.25, -0.2) is 13.2 Å². The summed E-state index contributed by atoms with van der Waals surface area (Å²) in [6.07, 6.45) is 0.0802. The molecule has 1 rings (SSSR count). The molecule has 1 N–H and O–H groups in total. The summed E-state index contributed by atoms with van der Waals surface area (Å²) in [6.45, 7) is 4.45. The Morgan fingerprint density at radius 3 is 2.50 bits per heavy atom. The molecular formula is C11H14F3NO. The third-order valence-electron chi connectivity index (χ3n) is 1.90. The summed E-state index contributed by atoms with van der Waals surface area (Å²) in [5.41, 5.74) is -0.0637. The van der Waals surface area contributed by atoms with Crippen LogP contribution in [0.3, 0.4) is 0 Å². The molecule has 90 valence electrons. The maximum atomic E-state index is 13.1. The molecule has 0 fully saturated rings. The number of rotatable bonds is 5. The minimum absolute atomic E-state index is 0.0637. The molecule has 1 aromatic rings. The van der Waals surface area contributed by atoms with Gasteiger partial charge < -0.3 is 10.1 Å². The lowest BCUT2D eigenvalue weighted by atomic mass is 10.3. The van der Waals surface area contributed by atoms with Crippen molar-refractivity contribution in [3.05, 3.63) is 29.6 Å². The Kier molecular flexibility index (Phi) is 4.61. The highest BCUT2D eigenvalue weighted by atomic mass is 19.2. The second-order valence-electron chi connectivity index (χ2n) is 3.57. The first-order valence-corrected chi connectivity index (χ1v) is 5.01. The van der Waals surface area contributed by atoms with Gasteiger partial charge in [0.1, 0.15) is 0 Å². The van der Waals surface area contributed by atoms with Gasteiger partial charge in [-0.3, -0.25) is 0 Å². The maximum absolute atomic E-state index is 13.1. The van der Waals surface area contributed by atoms with Crippen molar-refractivity contribution in [2.75, 3.05) is 18.5 Å². The monoisotopic (exact) mass is 233 g/mol. The molecule has 0 aliphatic rings. The molecule has 0 saturated heterocycles. The second kappa shape index (κ2) is 5.75. The smallest absolute Gasteiger partial charge is 0.196 e. The molecule has 0 bridgehead atoms. The normalized spacial score (nSPS) is 10.9. The molecule has 0 spiro atoms. The van der Waals surface area contributed by atoms with Crippen LogP contribution in [-0.4, -0.2) is 19.3 Å². The molecule has 0 atom stereocenters. The van der Waals surface area contributed by atoms with Crippen molar-refractivity contribution in [1.29, 1.82) is 0 Å². The van der Waals surface area contributed by atoms with Crippen LogP contribution in [0.15, 0.2) is 12.1 Å². The molecule has 1 aromatic carbocycles. The topological polar surface area (TPSA) is 21.3 Å². The van der Waals surface area contributed by atoms with Crippen LogP contribution in [0.1, 0.15) is 13.8 Å². The Bertz CT molecular complexity index is 355. The van der Waals surface area contributed by atoms with Gasteiger partial charge in [0.05, 0.1) is 18.4 Å². The van der Waals surface area contributed by atoms with Crippen LogP contribution >= 0.6 is 0 Å². The van der Waals surface area contributed by atoms with Gasteiger partial charge in [-0.1, -0.05) is 0 Å². The van der Waals surface area contributed by atoms with Crippen molar-refractivity contribution in [3.63, 3.8) is 0 Å². The molecule has 0 aliphatic carbocycles. The lowest BCUT2D eigenvalue weighted by molar-refractivity contribution is 0.0870. The van der Waals surface area contributed by atoms with Crippen molar-refractivity contribution < 1.29 is 17.9 Å². The summed E-state index contributed by atoms with van der Waals surface area (Å²) in [7, 11) is 0. The van der Waals surface area contributed by atoms with Gasteiger partial charge in [0, 0.05) is 6.54 Å². The number of nitrogens with one attached hydrogen (secondary N) is 1. The number of benzene rings is 1. The lowest BCUT2D eigenvalue weighted by Gasteiger charge is -2.10. The van der Waals surface area contributed by atoms with E-state index >= 15 is 0 Å². The molecule has 0 aromatic heterocycles. The predicted molar refractivity (Wildman–Crippen MR) is 55.9 cm³/mol. The van der Waals surface area contributed by atoms with E-state index in [2.05, 4.69) is 5.32 Å². The molecule has 16 heavy (non-hydrogen) atoms. The van der Waals surface area contributed by atoms with Crippen molar-refractivity contribution in [3.8, 4) is 0 Å². The number of hydrogen-bond acceptors (Lipinski definition) is 2. The number of anilines is 1. The quantitative estimate of drug-likeness (QED) is 0.623. The van der Waals surface area contributed by atoms with Crippen molar-refractivity contribution in [1.82, 2.24) is 0 Å². The van der Waals surface area contributed by atoms with E-state index in [9.17, 15) is 13.2 Å². The van der Waals surface area contributed by atoms with Gasteiger partial charge in [-0.05, 0) is 26.0 Å². The Morgan fingerprint density at radius 1 is 1.19 bits per heavy atom. The first-order valence-electron chi connectivity index (χ1n) is 5.01. The van der Waals surface area contributed by atoms with Gasteiger partial charge in [-0.15, -0.1) is 0 Å². The Labute approximate surface area is 92.4 Å².